The maximum Gasteiger partial charge on any atom is 0.341 e. The van der Waals surface area contributed by atoms with Gasteiger partial charge in [0.15, 0.2) is 0 Å². The number of hydrogen-bond donors (Lipinski definition) is 4. The first kappa shape index (κ1) is 16.0. The Morgan fingerprint density at radius 2 is 2.04 bits per heavy atom. The van der Waals surface area contributed by atoms with E-state index in [1.54, 1.807) is 24.3 Å². The number of nitrogens with two attached hydrogens (primary N) is 1. The Hall–Kier alpha value is -2.84. The summed E-state index contributed by atoms with van der Waals surface area (Å²) >= 11 is 6.84. The number of thiophene rings is 1. The average Bonchev–Trinajstić information content (AvgIpc) is 2.82. The molecule has 7 nitrogen and oxygen atoms in total. The second-order valence-electron chi connectivity index (χ2n) is 4.87. The maximum atomic E-state index is 12.4. The lowest BCUT2D eigenvalue weighted by Gasteiger charge is -2.04. The number of anilines is 2. The number of aromatic nitrogens is 1. The lowest BCUT2D eigenvalue weighted by molar-refractivity contribution is 0.0695. The first-order valence-corrected chi connectivity index (χ1v) is 7.82. The number of halogens is 1. The molecule has 122 valence electrons. The Morgan fingerprint density at radius 1 is 1.29 bits per heavy atom. The Kier molecular flexibility index (Phi) is 4.00. The number of carboxylic acid groups (broad SMARTS) is 1. The third kappa shape index (κ3) is 2.84. The normalized spacial score (nSPS) is 10.7. The highest BCUT2D eigenvalue weighted by atomic mass is 35.5. The molecule has 0 fully saturated rings. The van der Waals surface area contributed by atoms with Gasteiger partial charge in [0.25, 0.3) is 11.5 Å². The Labute approximate surface area is 143 Å². The number of nitrogens with one attached hydrogen (secondary N) is 2. The number of carboxylic acids is 1. The molecular formula is C15H10ClN3O4S. The molecule has 2 aromatic heterocycles. The van der Waals surface area contributed by atoms with Gasteiger partial charge in [-0.2, -0.15) is 0 Å². The average molecular weight is 364 g/mol. The van der Waals surface area contributed by atoms with Crippen LogP contribution in [0, 0.1) is 0 Å². The number of H-pyrrole nitrogens is 1. The summed E-state index contributed by atoms with van der Waals surface area (Å²) in [5.74, 6) is -1.85. The third-order valence-electron chi connectivity index (χ3n) is 3.26. The maximum absolute atomic E-state index is 12.4. The van der Waals surface area contributed by atoms with E-state index in [1.807, 2.05) is 0 Å². The number of amides is 1. The van der Waals surface area contributed by atoms with Crippen LogP contribution in [0.4, 0.5) is 11.4 Å². The van der Waals surface area contributed by atoms with E-state index < -0.39 is 23.0 Å². The minimum atomic E-state index is -1.37. The summed E-state index contributed by atoms with van der Waals surface area (Å²) in [7, 11) is 0. The fourth-order valence-corrected chi connectivity index (χ4v) is 3.34. The van der Waals surface area contributed by atoms with E-state index in [4.69, 9.17) is 22.4 Å². The molecule has 5 N–H and O–H groups in total. The van der Waals surface area contributed by atoms with Gasteiger partial charge in [0.1, 0.15) is 15.3 Å². The summed E-state index contributed by atoms with van der Waals surface area (Å²) in [5, 5.41) is 12.4. The van der Waals surface area contributed by atoms with Crippen molar-refractivity contribution in [3.05, 3.63) is 56.1 Å². The molecular weight excluding hydrogens is 354 g/mol. The van der Waals surface area contributed by atoms with Crippen LogP contribution in [0.1, 0.15) is 20.0 Å². The highest BCUT2D eigenvalue weighted by Gasteiger charge is 2.20. The molecule has 9 heteroatoms. The number of carbonyl (C=O) groups excluding carboxylic acids is 1. The van der Waals surface area contributed by atoms with Crippen molar-refractivity contribution in [1.29, 1.82) is 0 Å². The number of aromatic amines is 1. The predicted octanol–water partition coefficient (Wildman–Crippen LogP) is 2.78. The second kappa shape index (κ2) is 5.99. The molecule has 0 spiro atoms. The molecule has 1 amide bonds. The zero-order valence-corrected chi connectivity index (χ0v) is 13.5. The number of aromatic carboxylic acids is 1. The number of pyridine rings is 1. The van der Waals surface area contributed by atoms with Crippen LogP contribution in [0.5, 0.6) is 0 Å². The summed E-state index contributed by atoms with van der Waals surface area (Å²) in [4.78, 5) is 38.1. The number of rotatable bonds is 3. The standard InChI is InChI=1S/C15H10ClN3O4S/c16-6-2-1-3-7(4-6)18-13(21)11-10(17)8-5-9(15(22)23)12(20)19-14(8)24-11/h1-5H,17H2,(H,18,21)(H,19,20)(H,22,23). The Morgan fingerprint density at radius 3 is 2.71 bits per heavy atom. The van der Waals surface area contributed by atoms with Crippen LogP contribution < -0.4 is 16.6 Å². The highest BCUT2D eigenvalue weighted by molar-refractivity contribution is 7.21. The van der Waals surface area contributed by atoms with Crippen LogP contribution in [0.15, 0.2) is 35.1 Å². The van der Waals surface area contributed by atoms with E-state index in [1.165, 1.54) is 6.07 Å². The van der Waals surface area contributed by atoms with Crippen LogP contribution in [-0.4, -0.2) is 22.0 Å². The van der Waals surface area contributed by atoms with Crippen molar-refractivity contribution in [3.63, 3.8) is 0 Å². The van der Waals surface area contributed by atoms with Gasteiger partial charge in [-0.1, -0.05) is 17.7 Å². The quantitative estimate of drug-likeness (QED) is 0.569. The van der Waals surface area contributed by atoms with Gasteiger partial charge in [-0.15, -0.1) is 11.3 Å². The van der Waals surface area contributed by atoms with Gasteiger partial charge in [-0.25, -0.2) is 4.79 Å². The molecule has 0 saturated carbocycles. The van der Waals surface area contributed by atoms with Crippen molar-refractivity contribution in [3.8, 4) is 0 Å². The van der Waals surface area contributed by atoms with E-state index in [0.29, 0.717) is 20.9 Å². The molecule has 0 radical (unpaired) electrons. The summed E-state index contributed by atoms with van der Waals surface area (Å²) in [6.45, 7) is 0. The minimum absolute atomic E-state index is 0.105. The van der Waals surface area contributed by atoms with Gasteiger partial charge in [0, 0.05) is 16.1 Å². The molecule has 0 aliphatic heterocycles. The zero-order valence-electron chi connectivity index (χ0n) is 11.9. The van der Waals surface area contributed by atoms with Crippen molar-refractivity contribution < 1.29 is 14.7 Å². The smallest absolute Gasteiger partial charge is 0.341 e. The molecule has 3 rings (SSSR count). The highest BCUT2D eigenvalue weighted by Crippen LogP contribution is 2.32. The monoisotopic (exact) mass is 363 g/mol. The molecule has 0 aliphatic carbocycles. The fourth-order valence-electron chi connectivity index (χ4n) is 2.15. The Bertz CT molecular complexity index is 1040. The molecule has 0 unspecified atom stereocenters. The van der Waals surface area contributed by atoms with Crippen LogP contribution in [0.2, 0.25) is 5.02 Å². The van der Waals surface area contributed by atoms with Crippen LogP contribution in [0.25, 0.3) is 10.2 Å². The van der Waals surface area contributed by atoms with Crippen LogP contribution in [-0.2, 0) is 0 Å². The van der Waals surface area contributed by atoms with E-state index in [-0.39, 0.29) is 10.6 Å². The molecule has 24 heavy (non-hydrogen) atoms. The first-order valence-electron chi connectivity index (χ1n) is 6.62. The number of benzene rings is 1. The molecule has 3 aromatic rings. The van der Waals surface area contributed by atoms with Gasteiger partial charge in [-0.3, -0.25) is 9.59 Å². The van der Waals surface area contributed by atoms with Crippen molar-refractivity contribution in [2.75, 3.05) is 11.1 Å². The Balaban J connectivity index is 2.03. The first-order chi connectivity index (χ1) is 11.4. The minimum Gasteiger partial charge on any atom is -0.477 e. The van der Waals surface area contributed by atoms with Gasteiger partial charge in [0.05, 0.1) is 5.69 Å². The van der Waals surface area contributed by atoms with E-state index in [0.717, 1.165) is 11.3 Å². The van der Waals surface area contributed by atoms with E-state index in [9.17, 15) is 14.4 Å². The third-order valence-corrected chi connectivity index (χ3v) is 4.63. The number of carbonyl (C=O) groups is 2. The van der Waals surface area contributed by atoms with Crippen molar-refractivity contribution >= 4 is 56.4 Å². The molecule has 1 aromatic carbocycles. The summed E-state index contributed by atoms with van der Waals surface area (Å²) in [6, 6.07) is 7.76. The molecule has 0 bridgehead atoms. The summed E-state index contributed by atoms with van der Waals surface area (Å²) < 4.78 is 0. The molecule has 2 heterocycles. The predicted molar refractivity (Wildman–Crippen MR) is 93.2 cm³/mol. The van der Waals surface area contributed by atoms with E-state index in [2.05, 4.69) is 10.3 Å². The van der Waals surface area contributed by atoms with Gasteiger partial charge >= 0.3 is 5.97 Å². The van der Waals surface area contributed by atoms with Gasteiger partial charge in [-0.05, 0) is 24.3 Å². The largest absolute Gasteiger partial charge is 0.477 e. The number of nitrogen functional groups attached to an aromatic ring is 1. The van der Waals surface area contributed by atoms with Crippen molar-refractivity contribution in [2.45, 2.75) is 0 Å². The van der Waals surface area contributed by atoms with Gasteiger partial charge in [0.2, 0.25) is 0 Å². The lowest BCUT2D eigenvalue weighted by Crippen LogP contribution is -2.16. The number of fused-ring (bicyclic) bond motifs is 1. The van der Waals surface area contributed by atoms with E-state index >= 15 is 0 Å². The molecule has 0 atom stereocenters. The lowest BCUT2D eigenvalue weighted by atomic mass is 10.2. The second-order valence-corrected chi connectivity index (χ2v) is 6.33. The fraction of sp³-hybridized carbons (Fsp3) is 0. The summed E-state index contributed by atoms with van der Waals surface area (Å²) in [6.07, 6.45) is 0. The van der Waals surface area contributed by atoms with Crippen molar-refractivity contribution in [2.24, 2.45) is 0 Å². The molecule has 0 saturated heterocycles. The van der Waals surface area contributed by atoms with Gasteiger partial charge < -0.3 is 21.1 Å². The van der Waals surface area contributed by atoms with Crippen molar-refractivity contribution in [1.82, 2.24) is 4.98 Å². The number of hydrogen-bond acceptors (Lipinski definition) is 5. The SMILES string of the molecule is Nc1c(C(=O)Nc2cccc(Cl)c2)sc2[nH]c(=O)c(C(=O)O)cc12. The zero-order chi connectivity index (χ0) is 17.4. The van der Waals surface area contributed by atoms with Crippen LogP contribution in [0.3, 0.4) is 0 Å². The van der Waals surface area contributed by atoms with Crippen LogP contribution >= 0.6 is 22.9 Å². The summed E-state index contributed by atoms with van der Waals surface area (Å²) in [5.41, 5.74) is 5.36. The molecule has 0 aliphatic rings. The topological polar surface area (TPSA) is 125 Å².